The second-order valence-corrected chi connectivity index (χ2v) is 10.3. The number of hydrogen-bond acceptors (Lipinski definition) is 6. The third-order valence-electron chi connectivity index (χ3n) is 5.00. The number of halogens is 3. The molecule has 8 nitrogen and oxygen atoms in total. The van der Waals surface area contributed by atoms with E-state index in [1.54, 1.807) is 67.6 Å². The fourth-order valence-corrected chi connectivity index (χ4v) is 4.83. The second kappa shape index (κ2) is 13.6. The predicted molar refractivity (Wildman–Crippen MR) is 155 cm³/mol. The van der Waals surface area contributed by atoms with Crippen molar-refractivity contribution in [1.29, 1.82) is 0 Å². The quantitative estimate of drug-likeness (QED) is 0.139. The van der Waals surface area contributed by atoms with Crippen molar-refractivity contribution in [3.63, 3.8) is 0 Å². The first-order valence-corrected chi connectivity index (χ1v) is 13.4. The van der Waals surface area contributed by atoms with Crippen molar-refractivity contribution in [1.82, 2.24) is 0 Å². The number of nitrogen functional groups attached to an aromatic ring is 1. The van der Waals surface area contributed by atoms with Gasteiger partial charge >= 0.3 is 6.09 Å². The van der Waals surface area contributed by atoms with E-state index in [0.717, 1.165) is 4.47 Å². The summed E-state index contributed by atoms with van der Waals surface area (Å²) in [5, 5.41) is 16.1. The van der Waals surface area contributed by atoms with Gasteiger partial charge in [-0.15, -0.1) is 0 Å². The first kappa shape index (κ1) is 28.7. The number of hydrogen-bond donors (Lipinski definition) is 4. The van der Waals surface area contributed by atoms with Crippen LogP contribution in [0, 0.1) is 0 Å². The van der Waals surface area contributed by atoms with E-state index in [9.17, 15) is 14.7 Å². The van der Waals surface area contributed by atoms with Crippen LogP contribution in [0.15, 0.2) is 86.2 Å². The number of ether oxygens (including phenoxy) is 2. The highest BCUT2D eigenvalue weighted by Crippen LogP contribution is 2.39. The van der Waals surface area contributed by atoms with Crippen molar-refractivity contribution >= 4 is 76.9 Å². The summed E-state index contributed by atoms with van der Waals surface area (Å²) >= 11 is 10.1. The van der Waals surface area contributed by atoms with Crippen LogP contribution in [0.5, 0.6) is 5.75 Å². The molecule has 0 aliphatic rings. The standard InChI is InChI=1S/C26H24Br3N3O5/c1-2-36-22(11-12-23(33)32-21-6-4-3-5-20(21)30)25(18-13-16(28)14-19(29)24(18)34)37-26(35)31-17-9-7-15(27)8-10-17/h3-14,22,25,34H,2,30H2,1H3,(H,31,35)(H,32,33)/b12-11+/t22-,25-/m0/s1. The van der Waals surface area contributed by atoms with Crippen LogP contribution in [-0.4, -0.2) is 29.8 Å². The van der Waals surface area contributed by atoms with E-state index in [2.05, 4.69) is 58.4 Å². The maximum atomic E-state index is 12.9. The Morgan fingerprint density at radius 2 is 1.73 bits per heavy atom. The summed E-state index contributed by atoms with van der Waals surface area (Å²) in [6.45, 7) is 2.01. The molecule has 2 atom stereocenters. The van der Waals surface area contributed by atoms with E-state index in [-0.39, 0.29) is 17.9 Å². The van der Waals surface area contributed by atoms with E-state index in [1.807, 2.05) is 0 Å². The number of aromatic hydroxyl groups is 1. The third-order valence-corrected chi connectivity index (χ3v) is 6.59. The van der Waals surface area contributed by atoms with Gasteiger partial charge in [-0.3, -0.25) is 10.1 Å². The molecule has 3 aromatic carbocycles. The number of carbonyl (C=O) groups excluding carboxylic acids is 2. The summed E-state index contributed by atoms with van der Waals surface area (Å²) in [5.74, 6) is -0.593. The van der Waals surface area contributed by atoms with Crippen molar-refractivity contribution in [2.24, 2.45) is 0 Å². The molecular formula is C26H24Br3N3O5. The Morgan fingerprint density at radius 1 is 1.03 bits per heavy atom. The highest BCUT2D eigenvalue weighted by atomic mass is 79.9. The van der Waals surface area contributed by atoms with Gasteiger partial charge in [0.25, 0.3) is 0 Å². The number of rotatable bonds is 9. The van der Waals surface area contributed by atoms with Gasteiger partial charge in [-0.05, 0) is 77.5 Å². The molecule has 0 saturated carbocycles. The highest BCUT2D eigenvalue weighted by Gasteiger charge is 2.30. The summed E-state index contributed by atoms with van der Waals surface area (Å²) in [4.78, 5) is 25.5. The van der Waals surface area contributed by atoms with E-state index in [0.29, 0.717) is 26.0 Å². The number of carbonyl (C=O) groups is 2. The summed E-state index contributed by atoms with van der Waals surface area (Å²) in [6, 6.07) is 17.1. The van der Waals surface area contributed by atoms with E-state index in [4.69, 9.17) is 15.2 Å². The van der Waals surface area contributed by atoms with E-state index in [1.165, 1.54) is 12.2 Å². The van der Waals surface area contributed by atoms with Crippen molar-refractivity contribution < 1.29 is 24.2 Å². The number of anilines is 3. The van der Waals surface area contributed by atoms with Crippen LogP contribution < -0.4 is 16.4 Å². The molecule has 2 amide bonds. The number of nitrogens with two attached hydrogens (primary N) is 1. The maximum Gasteiger partial charge on any atom is 0.412 e. The van der Waals surface area contributed by atoms with Gasteiger partial charge in [-0.1, -0.05) is 44.0 Å². The first-order chi connectivity index (χ1) is 17.7. The van der Waals surface area contributed by atoms with Crippen molar-refractivity contribution in [2.75, 3.05) is 23.0 Å². The summed E-state index contributed by atoms with van der Waals surface area (Å²) < 4.78 is 13.5. The van der Waals surface area contributed by atoms with E-state index < -0.39 is 24.2 Å². The lowest BCUT2D eigenvalue weighted by molar-refractivity contribution is -0.112. The van der Waals surface area contributed by atoms with Gasteiger partial charge in [0.15, 0.2) is 6.10 Å². The summed E-state index contributed by atoms with van der Waals surface area (Å²) in [5.41, 5.74) is 7.55. The Labute approximate surface area is 239 Å². The summed E-state index contributed by atoms with van der Waals surface area (Å²) in [6.07, 6.45) is -0.0898. The van der Waals surface area contributed by atoms with Crippen molar-refractivity contribution in [3.8, 4) is 5.75 Å². The fraction of sp³-hybridized carbons (Fsp3) is 0.154. The topological polar surface area (TPSA) is 123 Å². The van der Waals surface area contributed by atoms with Crippen LogP contribution in [0.25, 0.3) is 0 Å². The fourth-order valence-electron chi connectivity index (χ4n) is 3.31. The van der Waals surface area contributed by atoms with Gasteiger partial charge < -0.3 is 25.6 Å². The molecule has 3 rings (SSSR count). The zero-order valence-corrected chi connectivity index (χ0v) is 24.3. The molecule has 3 aromatic rings. The zero-order valence-electron chi connectivity index (χ0n) is 19.6. The number of benzene rings is 3. The molecule has 0 bridgehead atoms. The Bertz CT molecular complexity index is 1280. The maximum absolute atomic E-state index is 12.9. The van der Waals surface area contributed by atoms with Crippen molar-refractivity contribution in [3.05, 3.63) is 91.8 Å². The van der Waals surface area contributed by atoms with Gasteiger partial charge in [0.2, 0.25) is 5.91 Å². The van der Waals surface area contributed by atoms with Gasteiger partial charge in [-0.25, -0.2) is 4.79 Å². The molecule has 37 heavy (non-hydrogen) atoms. The Morgan fingerprint density at radius 3 is 2.41 bits per heavy atom. The number of phenols is 1. The molecule has 0 aromatic heterocycles. The number of para-hydroxylation sites is 2. The minimum absolute atomic E-state index is 0.135. The Kier molecular flexibility index (Phi) is 10.6. The molecule has 0 fully saturated rings. The SMILES string of the molecule is CCO[C@@H](/C=C/C(=O)Nc1ccccc1N)[C@@H](OC(=O)Nc1ccc(Br)cc1)c1cc(Br)cc(Br)c1O. The smallest absolute Gasteiger partial charge is 0.412 e. The van der Waals surface area contributed by atoms with Crippen LogP contribution in [0.4, 0.5) is 21.9 Å². The molecule has 194 valence electrons. The lowest BCUT2D eigenvalue weighted by Gasteiger charge is -2.26. The van der Waals surface area contributed by atoms with Gasteiger partial charge in [0.05, 0.1) is 15.8 Å². The second-order valence-electron chi connectivity index (χ2n) is 7.64. The zero-order chi connectivity index (χ0) is 26.9. The molecule has 0 saturated heterocycles. The average Bonchev–Trinajstić information content (AvgIpc) is 2.85. The van der Waals surface area contributed by atoms with Gasteiger partial charge in [0.1, 0.15) is 11.9 Å². The number of amides is 2. The molecule has 5 N–H and O–H groups in total. The van der Waals surface area contributed by atoms with E-state index >= 15 is 0 Å². The Balaban J connectivity index is 1.90. The van der Waals surface area contributed by atoms with Crippen LogP contribution in [0.2, 0.25) is 0 Å². The minimum Gasteiger partial charge on any atom is -0.506 e. The lowest BCUT2D eigenvalue weighted by Crippen LogP contribution is -2.28. The molecule has 11 heteroatoms. The monoisotopic (exact) mass is 695 g/mol. The molecule has 0 heterocycles. The number of phenolic OH excluding ortho intramolecular Hbond substituents is 1. The minimum atomic E-state index is -1.12. The van der Waals surface area contributed by atoms with Gasteiger partial charge in [-0.2, -0.15) is 0 Å². The van der Waals surface area contributed by atoms with Crippen LogP contribution in [0.1, 0.15) is 18.6 Å². The molecule has 0 radical (unpaired) electrons. The lowest BCUT2D eigenvalue weighted by atomic mass is 10.0. The molecule has 0 aliphatic carbocycles. The highest BCUT2D eigenvalue weighted by molar-refractivity contribution is 9.11. The van der Waals surface area contributed by atoms with Crippen LogP contribution in [-0.2, 0) is 14.3 Å². The number of nitrogens with one attached hydrogen (secondary N) is 2. The first-order valence-electron chi connectivity index (χ1n) is 11.0. The van der Waals surface area contributed by atoms with Crippen LogP contribution >= 0.6 is 47.8 Å². The van der Waals surface area contributed by atoms with Crippen molar-refractivity contribution in [2.45, 2.75) is 19.1 Å². The molecule has 0 spiro atoms. The summed E-state index contributed by atoms with van der Waals surface area (Å²) in [7, 11) is 0. The van der Waals surface area contributed by atoms with Crippen LogP contribution in [0.3, 0.4) is 0 Å². The molecular weight excluding hydrogens is 674 g/mol. The Hall–Kier alpha value is -2.86. The predicted octanol–water partition coefficient (Wildman–Crippen LogP) is 7.15. The largest absolute Gasteiger partial charge is 0.506 e. The molecule has 0 aliphatic heterocycles. The average molecular weight is 698 g/mol. The molecule has 0 unspecified atom stereocenters. The normalized spacial score (nSPS) is 12.6. The van der Waals surface area contributed by atoms with Gasteiger partial charge in [0, 0.05) is 32.9 Å². The third kappa shape index (κ3) is 8.32.